The second kappa shape index (κ2) is 7.91. The van der Waals surface area contributed by atoms with Crippen molar-refractivity contribution < 1.29 is 4.79 Å². The first-order valence-electron chi connectivity index (χ1n) is 8.77. The summed E-state index contributed by atoms with van der Waals surface area (Å²) in [6, 6.07) is 11.7. The Morgan fingerprint density at radius 2 is 1.92 bits per heavy atom. The number of benzene rings is 2. The van der Waals surface area contributed by atoms with E-state index in [0.717, 1.165) is 30.2 Å². The Bertz CT molecular complexity index is 1010. The van der Waals surface area contributed by atoms with E-state index >= 15 is 0 Å². The van der Waals surface area contributed by atoms with Crippen LogP contribution in [0.5, 0.6) is 0 Å². The molecule has 1 heterocycles. The highest BCUT2D eigenvalue weighted by atomic mass is 32.2. The van der Waals surface area contributed by atoms with Crippen molar-refractivity contribution in [3.8, 4) is 0 Å². The fraction of sp³-hybridized carbons (Fsp3) is 0.350. The third-order valence-electron chi connectivity index (χ3n) is 4.50. The average Bonchev–Trinajstić information content (AvgIpc) is 2.66. The second-order valence-corrected chi connectivity index (χ2v) is 7.38. The van der Waals surface area contributed by atoms with Crippen molar-refractivity contribution >= 4 is 39.3 Å². The monoisotopic (exact) mass is 369 g/mol. The third-order valence-corrected chi connectivity index (χ3v) is 5.51. The second-order valence-electron chi connectivity index (χ2n) is 6.43. The molecule has 2 aromatic carbocycles. The number of carbonyl (C=O) groups excluding carboxylic acids is 1. The first kappa shape index (κ1) is 18.5. The van der Waals surface area contributed by atoms with Crippen molar-refractivity contribution in [2.45, 2.75) is 24.9 Å². The van der Waals surface area contributed by atoms with Crippen LogP contribution in [0.25, 0.3) is 21.7 Å². The molecule has 0 aliphatic carbocycles. The van der Waals surface area contributed by atoms with Crippen molar-refractivity contribution in [3.63, 3.8) is 0 Å². The Morgan fingerprint density at radius 1 is 1.23 bits per heavy atom. The molecule has 0 saturated carbocycles. The van der Waals surface area contributed by atoms with Crippen LogP contribution in [-0.4, -0.2) is 39.7 Å². The fourth-order valence-corrected chi connectivity index (χ4v) is 3.74. The molecule has 0 aliphatic heterocycles. The van der Waals surface area contributed by atoms with Gasteiger partial charge in [-0.2, -0.15) is 0 Å². The van der Waals surface area contributed by atoms with Gasteiger partial charge in [0.25, 0.3) is 5.56 Å². The van der Waals surface area contributed by atoms with E-state index < -0.39 is 0 Å². The van der Waals surface area contributed by atoms with E-state index in [1.54, 1.807) is 11.9 Å². The molecule has 0 unspecified atom stereocenters. The molecule has 0 saturated heterocycles. The maximum Gasteiger partial charge on any atom is 0.261 e. The highest BCUT2D eigenvalue weighted by Gasteiger charge is 2.13. The van der Waals surface area contributed by atoms with Crippen LogP contribution in [-0.2, 0) is 11.8 Å². The summed E-state index contributed by atoms with van der Waals surface area (Å²) in [7, 11) is 3.52. The van der Waals surface area contributed by atoms with Crippen LogP contribution >= 0.6 is 11.8 Å². The lowest BCUT2D eigenvalue weighted by molar-refractivity contribution is -0.127. The SMILES string of the molecule is CCCCN(C)C(=O)CSc1nc2cc3ccccc3cc2c(=O)n1C. The zero-order chi connectivity index (χ0) is 18.7. The molecular formula is C20H23N3O2S. The van der Waals surface area contributed by atoms with Crippen molar-refractivity contribution in [2.75, 3.05) is 19.3 Å². The summed E-state index contributed by atoms with van der Waals surface area (Å²) in [5, 5.41) is 3.23. The van der Waals surface area contributed by atoms with Crippen LogP contribution in [0, 0.1) is 0 Å². The number of hydrogen-bond donors (Lipinski definition) is 0. The summed E-state index contributed by atoms with van der Waals surface area (Å²) in [6.07, 6.45) is 2.05. The predicted octanol–water partition coefficient (Wildman–Crippen LogP) is 3.44. The third kappa shape index (κ3) is 3.75. The highest BCUT2D eigenvalue weighted by Crippen LogP contribution is 2.22. The first-order chi connectivity index (χ1) is 12.5. The van der Waals surface area contributed by atoms with Gasteiger partial charge >= 0.3 is 0 Å². The van der Waals surface area contributed by atoms with Gasteiger partial charge in [-0.3, -0.25) is 14.2 Å². The number of thioether (sulfide) groups is 1. The summed E-state index contributed by atoms with van der Waals surface area (Å²) < 4.78 is 1.53. The lowest BCUT2D eigenvalue weighted by Gasteiger charge is -2.16. The van der Waals surface area contributed by atoms with Crippen molar-refractivity contribution in [2.24, 2.45) is 7.05 Å². The average molecular weight is 369 g/mol. The number of rotatable bonds is 6. The molecule has 0 radical (unpaired) electrons. The van der Waals surface area contributed by atoms with E-state index in [4.69, 9.17) is 0 Å². The number of carbonyl (C=O) groups is 1. The quantitative estimate of drug-likeness (QED) is 0.379. The van der Waals surface area contributed by atoms with Crippen LogP contribution in [0.4, 0.5) is 0 Å². The topological polar surface area (TPSA) is 55.2 Å². The van der Waals surface area contributed by atoms with E-state index in [1.807, 2.05) is 43.4 Å². The van der Waals surface area contributed by atoms with Crippen molar-refractivity contribution in [1.29, 1.82) is 0 Å². The van der Waals surface area contributed by atoms with Gasteiger partial charge in [-0.25, -0.2) is 4.98 Å². The molecule has 136 valence electrons. The summed E-state index contributed by atoms with van der Waals surface area (Å²) in [5.41, 5.74) is 0.580. The molecule has 0 atom stereocenters. The van der Waals surface area contributed by atoms with E-state index in [-0.39, 0.29) is 17.2 Å². The minimum atomic E-state index is -0.0879. The van der Waals surface area contributed by atoms with Gasteiger partial charge in [-0.1, -0.05) is 49.4 Å². The molecule has 0 aliphatic rings. The smallest absolute Gasteiger partial charge is 0.261 e. The molecule has 6 heteroatoms. The standard InChI is InChI=1S/C20H23N3O2S/c1-4-5-10-22(2)18(24)13-26-20-21-17-12-15-9-7-6-8-14(15)11-16(17)19(25)23(20)3/h6-9,11-12H,4-5,10,13H2,1-3H3. The molecule has 3 aromatic rings. The van der Waals surface area contributed by atoms with Gasteiger partial charge in [0.15, 0.2) is 5.16 Å². The molecule has 0 bridgehead atoms. The van der Waals surface area contributed by atoms with E-state index in [9.17, 15) is 9.59 Å². The maximum absolute atomic E-state index is 12.7. The molecule has 3 rings (SSSR count). The molecule has 0 fully saturated rings. The molecule has 0 spiro atoms. The van der Waals surface area contributed by atoms with Crippen LogP contribution in [0.2, 0.25) is 0 Å². The van der Waals surface area contributed by atoms with E-state index in [2.05, 4.69) is 11.9 Å². The first-order valence-corrected chi connectivity index (χ1v) is 9.76. The minimum absolute atomic E-state index is 0.0521. The Morgan fingerprint density at radius 3 is 2.62 bits per heavy atom. The maximum atomic E-state index is 12.7. The van der Waals surface area contributed by atoms with Gasteiger partial charge in [-0.05, 0) is 29.3 Å². The van der Waals surface area contributed by atoms with Gasteiger partial charge in [-0.15, -0.1) is 0 Å². The summed E-state index contributed by atoms with van der Waals surface area (Å²) >= 11 is 1.31. The summed E-state index contributed by atoms with van der Waals surface area (Å²) in [4.78, 5) is 31.3. The zero-order valence-corrected chi connectivity index (χ0v) is 16.2. The predicted molar refractivity (Wildman–Crippen MR) is 108 cm³/mol. The Labute approximate surface area is 157 Å². The molecule has 0 N–H and O–H groups in total. The minimum Gasteiger partial charge on any atom is -0.345 e. The van der Waals surface area contributed by atoms with Crippen molar-refractivity contribution in [3.05, 3.63) is 46.8 Å². The lowest BCUT2D eigenvalue weighted by atomic mass is 10.1. The summed E-state index contributed by atoms with van der Waals surface area (Å²) in [5.74, 6) is 0.329. The Kier molecular flexibility index (Phi) is 5.61. The molecular weight excluding hydrogens is 346 g/mol. The van der Waals surface area contributed by atoms with Gasteiger partial charge in [0.1, 0.15) is 0 Å². The van der Waals surface area contributed by atoms with E-state index in [0.29, 0.717) is 16.1 Å². The van der Waals surface area contributed by atoms with Crippen LogP contribution in [0.1, 0.15) is 19.8 Å². The lowest BCUT2D eigenvalue weighted by Crippen LogP contribution is -2.29. The van der Waals surface area contributed by atoms with Gasteiger partial charge in [0, 0.05) is 20.6 Å². The van der Waals surface area contributed by atoms with Crippen LogP contribution in [0.3, 0.4) is 0 Å². The number of aromatic nitrogens is 2. The number of nitrogens with zero attached hydrogens (tertiary/aromatic N) is 3. The van der Waals surface area contributed by atoms with Gasteiger partial charge in [0.2, 0.25) is 5.91 Å². The molecule has 1 aromatic heterocycles. The number of hydrogen-bond acceptors (Lipinski definition) is 4. The van der Waals surface area contributed by atoms with Crippen molar-refractivity contribution in [1.82, 2.24) is 14.5 Å². The number of unbranched alkanes of at least 4 members (excludes halogenated alkanes) is 1. The highest BCUT2D eigenvalue weighted by molar-refractivity contribution is 7.99. The molecule has 26 heavy (non-hydrogen) atoms. The molecule has 5 nitrogen and oxygen atoms in total. The Balaban J connectivity index is 1.89. The fourth-order valence-electron chi connectivity index (χ4n) is 2.82. The van der Waals surface area contributed by atoms with Gasteiger partial charge < -0.3 is 4.90 Å². The zero-order valence-electron chi connectivity index (χ0n) is 15.4. The molecule has 1 amide bonds. The number of amides is 1. The Hall–Kier alpha value is -2.34. The number of fused-ring (bicyclic) bond motifs is 2. The van der Waals surface area contributed by atoms with E-state index in [1.165, 1.54) is 16.3 Å². The summed E-state index contributed by atoms with van der Waals surface area (Å²) in [6.45, 7) is 2.86. The van der Waals surface area contributed by atoms with Crippen LogP contribution < -0.4 is 5.56 Å². The van der Waals surface area contributed by atoms with Gasteiger partial charge in [0.05, 0.1) is 16.7 Å². The largest absolute Gasteiger partial charge is 0.345 e. The normalized spacial score (nSPS) is 11.2. The van der Waals surface area contributed by atoms with Crippen LogP contribution in [0.15, 0.2) is 46.3 Å².